The number of thioether (sulfide) groups is 1. The molecule has 3 rings (SSSR count). The fraction of sp³-hybridized carbons (Fsp3) is 0.294. The molecule has 0 saturated carbocycles. The van der Waals surface area contributed by atoms with Gasteiger partial charge >= 0.3 is 0 Å². The molecule has 0 saturated heterocycles. The summed E-state index contributed by atoms with van der Waals surface area (Å²) in [7, 11) is 0. The first-order valence-electron chi connectivity index (χ1n) is 7.50. The summed E-state index contributed by atoms with van der Waals surface area (Å²) in [5.74, 6) is 1.15. The van der Waals surface area contributed by atoms with Crippen LogP contribution in [0.5, 0.6) is 5.88 Å². The fourth-order valence-corrected chi connectivity index (χ4v) is 3.85. The first-order valence-corrected chi connectivity index (χ1v) is 8.86. The third kappa shape index (κ3) is 3.62. The van der Waals surface area contributed by atoms with Gasteiger partial charge < -0.3 is 10.1 Å². The fourth-order valence-electron chi connectivity index (χ4n) is 2.57. The van der Waals surface area contributed by atoms with Crippen molar-refractivity contribution >= 4 is 29.3 Å². The van der Waals surface area contributed by atoms with Crippen LogP contribution in [0.1, 0.15) is 35.3 Å². The molecule has 23 heavy (non-hydrogen) atoms. The van der Waals surface area contributed by atoms with Crippen molar-refractivity contribution in [2.24, 2.45) is 0 Å². The van der Waals surface area contributed by atoms with Gasteiger partial charge in [0.2, 0.25) is 5.88 Å². The lowest BCUT2D eigenvalue weighted by Crippen LogP contribution is -2.31. The second-order valence-corrected chi connectivity index (χ2v) is 6.71. The van der Waals surface area contributed by atoms with E-state index in [-0.39, 0.29) is 11.9 Å². The topological polar surface area (TPSA) is 51.2 Å². The predicted octanol–water partition coefficient (Wildman–Crippen LogP) is 4.10. The summed E-state index contributed by atoms with van der Waals surface area (Å²) < 4.78 is 5.44. The second-order valence-electron chi connectivity index (χ2n) is 5.13. The lowest BCUT2D eigenvalue weighted by Gasteiger charge is -2.26. The predicted molar refractivity (Wildman–Crippen MR) is 92.4 cm³/mol. The van der Waals surface area contributed by atoms with E-state index in [0.29, 0.717) is 23.1 Å². The highest BCUT2D eigenvalue weighted by Gasteiger charge is 2.24. The highest BCUT2D eigenvalue weighted by molar-refractivity contribution is 7.99. The molecule has 0 aliphatic carbocycles. The number of nitrogens with zero attached hydrogens (tertiary/aromatic N) is 1. The average Bonchev–Trinajstić information content (AvgIpc) is 2.56. The van der Waals surface area contributed by atoms with Crippen LogP contribution in [-0.2, 0) is 0 Å². The lowest BCUT2D eigenvalue weighted by atomic mass is 10.0. The van der Waals surface area contributed by atoms with Gasteiger partial charge in [-0.2, -0.15) is 0 Å². The van der Waals surface area contributed by atoms with Gasteiger partial charge in [0.25, 0.3) is 5.91 Å². The first kappa shape index (κ1) is 16.1. The lowest BCUT2D eigenvalue weighted by molar-refractivity contribution is 0.0930. The summed E-state index contributed by atoms with van der Waals surface area (Å²) in [5.41, 5.74) is 1.53. The van der Waals surface area contributed by atoms with Gasteiger partial charge in [0.15, 0.2) is 0 Å². The number of carbonyl (C=O) groups excluding carboxylic acids is 1. The number of hydrogen-bond acceptors (Lipinski definition) is 4. The van der Waals surface area contributed by atoms with Crippen molar-refractivity contribution in [3.05, 3.63) is 52.7 Å². The highest BCUT2D eigenvalue weighted by atomic mass is 35.5. The third-order valence-electron chi connectivity index (χ3n) is 3.61. The van der Waals surface area contributed by atoms with Crippen molar-refractivity contribution < 1.29 is 9.53 Å². The molecule has 6 heteroatoms. The van der Waals surface area contributed by atoms with Gasteiger partial charge in [0.1, 0.15) is 5.56 Å². The van der Waals surface area contributed by atoms with E-state index in [4.69, 9.17) is 16.3 Å². The number of nitrogens with one attached hydrogen (secondary N) is 1. The monoisotopic (exact) mass is 348 g/mol. The smallest absolute Gasteiger partial charge is 0.257 e. The molecule has 1 aromatic heterocycles. The quantitative estimate of drug-likeness (QED) is 0.903. The molecule has 1 aliphatic rings. The Balaban J connectivity index is 1.83. The van der Waals surface area contributed by atoms with E-state index in [9.17, 15) is 4.79 Å². The molecular weight excluding hydrogens is 332 g/mol. The van der Waals surface area contributed by atoms with Gasteiger partial charge in [0.05, 0.1) is 12.6 Å². The van der Waals surface area contributed by atoms with Crippen molar-refractivity contribution in [2.75, 3.05) is 12.4 Å². The molecular formula is C17H17ClN2O2S. The Kier molecular flexibility index (Phi) is 5.08. The largest absolute Gasteiger partial charge is 0.477 e. The van der Waals surface area contributed by atoms with Crippen molar-refractivity contribution in [2.45, 2.75) is 24.3 Å². The molecule has 2 aromatic rings. The maximum absolute atomic E-state index is 12.6. The molecule has 0 fully saturated rings. The van der Waals surface area contributed by atoms with Gasteiger partial charge in [-0.05, 0) is 49.2 Å². The van der Waals surface area contributed by atoms with Gasteiger partial charge in [0, 0.05) is 21.9 Å². The average molecular weight is 349 g/mol. The molecule has 1 atom stereocenters. The zero-order valence-electron chi connectivity index (χ0n) is 12.7. The zero-order valence-corrected chi connectivity index (χ0v) is 14.3. The van der Waals surface area contributed by atoms with Crippen LogP contribution in [0, 0.1) is 0 Å². The maximum Gasteiger partial charge on any atom is 0.257 e. The molecule has 1 amide bonds. The van der Waals surface area contributed by atoms with E-state index in [0.717, 1.165) is 17.7 Å². The highest BCUT2D eigenvalue weighted by Crippen LogP contribution is 2.37. The third-order valence-corrected chi connectivity index (χ3v) is 4.97. The van der Waals surface area contributed by atoms with Gasteiger partial charge in [-0.25, -0.2) is 4.98 Å². The molecule has 4 nitrogen and oxygen atoms in total. The second kappa shape index (κ2) is 7.23. The van der Waals surface area contributed by atoms with E-state index < -0.39 is 0 Å². The molecule has 0 unspecified atom stereocenters. The first-order chi connectivity index (χ1) is 11.2. The van der Waals surface area contributed by atoms with Crippen LogP contribution in [0.25, 0.3) is 0 Å². The van der Waals surface area contributed by atoms with E-state index >= 15 is 0 Å². The minimum absolute atomic E-state index is 0.0490. The van der Waals surface area contributed by atoms with E-state index in [1.807, 2.05) is 25.1 Å². The van der Waals surface area contributed by atoms with Crippen LogP contribution in [0.3, 0.4) is 0 Å². The number of ether oxygens (including phenoxy) is 1. The van der Waals surface area contributed by atoms with Crippen LogP contribution in [0.2, 0.25) is 5.02 Å². The SMILES string of the molecule is CCOc1ncccc1C(=O)N[C@@H]1CCSc2ccc(Cl)cc21. The van der Waals surface area contributed by atoms with Crippen LogP contribution in [0.15, 0.2) is 41.4 Å². The summed E-state index contributed by atoms with van der Waals surface area (Å²) in [6.45, 7) is 2.34. The maximum atomic E-state index is 12.6. The van der Waals surface area contributed by atoms with Crippen molar-refractivity contribution in [3.8, 4) is 5.88 Å². The number of rotatable bonds is 4. The minimum Gasteiger partial charge on any atom is -0.477 e. The Morgan fingerprint density at radius 1 is 1.48 bits per heavy atom. The molecule has 2 heterocycles. The molecule has 0 spiro atoms. The van der Waals surface area contributed by atoms with Crippen molar-refractivity contribution in [1.29, 1.82) is 0 Å². The Labute approximate surface area is 144 Å². The number of hydrogen-bond donors (Lipinski definition) is 1. The summed E-state index contributed by atoms with van der Waals surface area (Å²) >= 11 is 7.90. The van der Waals surface area contributed by atoms with Gasteiger partial charge in [-0.3, -0.25) is 4.79 Å². The Bertz CT molecular complexity index is 723. The van der Waals surface area contributed by atoms with Crippen LogP contribution in [0.4, 0.5) is 0 Å². The Hall–Kier alpha value is -1.72. The number of fused-ring (bicyclic) bond motifs is 1. The molecule has 0 bridgehead atoms. The summed E-state index contributed by atoms with van der Waals surface area (Å²) in [6.07, 6.45) is 2.49. The normalized spacial score (nSPS) is 16.5. The van der Waals surface area contributed by atoms with Crippen LogP contribution in [-0.4, -0.2) is 23.3 Å². The van der Waals surface area contributed by atoms with Crippen LogP contribution >= 0.6 is 23.4 Å². The van der Waals surface area contributed by atoms with Gasteiger partial charge in [-0.1, -0.05) is 11.6 Å². The summed E-state index contributed by atoms with van der Waals surface area (Å²) in [5, 5.41) is 3.77. The number of amides is 1. The van der Waals surface area contributed by atoms with Gasteiger partial charge in [-0.15, -0.1) is 11.8 Å². The Morgan fingerprint density at radius 2 is 2.35 bits per heavy atom. The standard InChI is InChI=1S/C17H17ClN2O2S/c1-2-22-17-12(4-3-8-19-17)16(21)20-14-7-9-23-15-6-5-11(18)10-13(14)15/h3-6,8,10,14H,2,7,9H2,1H3,(H,20,21)/t14-/m1/s1. The summed E-state index contributed by atoms with van der Waals surface area (Å²) in [6, 6.07) is 9.23. The van der Waals surface area contributed by atoms with E-state index in [1.54, 1.807) is 30.1 Å². The summed E-state index contributed by atoms with van der Waals surface area (Å²) in [4.78, 5) is 17.9. The van der Waals surface area contributed by atoms with Crippen LogP contribution < -0.4 is 10.1 Å². The van der Waals surface area contributed by atoms with Crippen molar-refractivity contribution in [3.63, 3.8) is 0 Å². The number of pyridine rings is 1. The minimum atomic E-state index is -0.177. The van der Waals surface area contributed by atoms with E-state index in [1.165, 1.54) is 4.90 Å². The molecule has 1 N–H and O–H groups in total. The molecule has 1 aliphatic heterocycles. The number of carbonyl (C=O) groups is 1. The molecule has 0 radical (unpaired) electrons. The zero-order chi connectivity index (χ0) is 16.2. The number of halogens is 1. The molecule has 1 aromatic carbocycles. The number of benzene rings is 1. The van der Waals surface area contributed by atoms with Crippen molar-refractivity contribution in [1.82, 2.24) is 10.3 Å². The Morgan fingerprint density at radius 3 is 3.17 bits per heavy atom. The number of aromatic nitrogens is 1. The molecule has 120 valence electrons. The van der Waals surface area contributed by atoms with E-state index in [2.05, 4.69) is 10.3 Å².